The number of likely N-dealkylation sites (tertiary alicyclic amines) is 1. The molecule has 1 aromatic rings. The maximum Gasteiger partial charge on any atom is 0.409 e. The van der Waals surface area contributed by atoms with Gasteiger partial charge < -0.3 is 25.6 Å². The summed E-state index contributed by atoms with van der Waals surface area (Å²) < 4.78 is 19.4. The van der Waals surface area contributed by atoms with Crippen LogP contribution in [-0.2, 0) is 11.3 Å². The highest BCUT2D eigenvalue weighted by molar-refractivity contribution is 14.0. The van der Waals surface area contributed by atoms with E-state index < -0.39 is 0 Å². The lowest BCUT2D eigenvalue weighted by Gasteiger charge is -2.31. The van der Waals surface area contributed by atoms with Gasteiger partial charge >= 0.3 is 6.09 Å². The minimum absolute atomic E-state index is 0. The Bertz CT molecular complexity index is 677. The SMILES string of the molecule is CCOC(=O)N1CCC(NC(N)=NCc2ccc(N(CC)CC)c(F)c2)CC1.I. The summed E-state index contributed by atoms with van der Waals surface area (Å²) in [5.74, 6) is 0.0945. The monoisotopic (exact) mass is 521 g/mol. The molecule has 0 saturated carbocycles. The maximum atomic E-state index is 14.3. The van der Waals surface area contributed by atoms with Crippen molar-refractivity contribution in [3.05, 3.63) is 29.6 Å². The van der Waals surface area contributed by atoms with Crippen LogP contribution in [0.4, 0.5) is 14.9 Å². The lowest BCUT2D eigenvalue weighted by Crippen LogP contribution is -2.48. The van der Waals surface area contributed by atoms with Gasteiger partial charge in [0.2, 0.25) is 0 Å². The van der Waals surface area contributed by atoms with Crippen molar-refractivity contribution in [1.29, 1.82) is 0 Å². The highest BCUT2D eigenvalue weighted by atomic mass is 127. The number of benzene rings is 1. The van der Waals surface area contributed by atoms with Crippen molar-refractivity contribution < 1.29 is 13.9 Å². The second kappa shape index (κ2) is 12.7. The van der Waals surface area contributed by atoms with Crippen LogP contribution in [-0.4, -0.2) is 55.8 Å². The number of nitrogens with zero attached hydrogens (tertiary/aromatic N) is 3. The molecule has 1 fully saturated rings. The molecule has 1 heterocycles. The summed E-state index contributed by atoms with van der Waals surface area (Å²) in [5.41, 5.74) is 7.37. The molecule has 0 aliphatic carbocycles. The average Bonchev–Trinajstić information content (AvgIpc) is 2.69. The molecular weight excluding hydrogens is 488 g/mol. The molecule has 0 atom stereocenters. The Morgan fingerprint density at radius 3 is 2.52 bits per heavy atom. The highest BCUT2D eigenvalue weighted by Gasteiger charge is 2.23. The van der Waals surface area contributed by atoms with Crippen LogP contribution < -0.4 is 16.0 Å². The minimum Gasteiger partial charge on any atom is -0.450 e. The number of carbonyl (C=O) groups is 1. The lowest BCUT2D eigenvalue weighted by molar-refractivity contribution is 0.0963. The molecule has 0 bridgehead atoms. The normalized spacial score (nSPS) is 14.9. The van der Waals surface area contributed by atoms with Crippen LogP contribution in [0.2, 0.25) is 0 Å². The van der Waals surface area contributed by atoms with E-state index in [-0.39, 0.29) is 41.9 Å². The summed E-state index contributed by atoms with van der Waals surface area (Å²) in [5, 5.41) is 3.19. The quantitative estimate of drug-likeness (QED) is 0.327. The van der Waals surface area contributed by atoms with Gasteiger partial charge in [0, 0.05) is 32.2 Å². The maximum absolute atomic E-state index is 14.3. The smallest absolute Gasteiger partial charge is 0.409 e. The fourth-order valence-electron chi connectivity index (χ4n) is 3.32. The van der Waals surface area contributed by atoms with Crippen molar-refractivity contribution in [2.75, 3.05) is 37.7 Å². The van der Waals surface area contributed by atoms with Gasteiger partial charge in [0.25, 0.3) is 0 Å². The summed E-state index contributed by atoms with van der Waals surface area (Å²) >= 11 is 0. The second-order valence-corrected chi connectivity index (χ2v) is 6.76. The van der Waals surface area contributed by atoms with E-state index in [9.17, 15) is 9.18 Å². The molecule has 0 unspecified atom stereocenters. The van der Waals surface area contributed by atoms with Crippen molar-refractivity contribution in [1.82, 2.24) is 10.2 Å². The summed E-state index contributed by atoms with van der Waals surface area (Å²) in [7, 11) is 0. The summed E-state index contributed by atoms with van der Waals surface area (Å²) in [6.45, 7) is 9.28. The van der Waals surface area contributed by atoms with Crippen LogP contribution in [0.3, 0.4) is 0 Å². The van der Waals surface area contributed by atoms with E-state index in [1.807, 2.05) is 24.8 Å². The Kier molecular flexibility index (Phi) is 11.1. The van der Waals surface area contributed by atoms with Crippen LogP contribution in [0.5, 0.6) is 0 Å². The first-order valence-corrected chi connectivity index (χ1v) is 9.99. The van der Waals surface area contributed by atoms with Gasteiger partial charge in [0.15, 0.2) is 5.96 Å². The molecule has 1 aliphatic heterocycles. The standard InChI is InChI=1S/C20H32FN5O2.HI/c1-4-25(5-2)18-8-7-15(13-17(18)21)14-23-19(22)24-16-9-11-26(12-10-16)20(27)28-6-3;/h7-8,13,16H,4-6,9-12,14H2,1-3H3,(H3,22,23,24);1H. The Morgan fingerprint density at radius 1 is 1.31 bits per heavy atom. The van der Waals surface area contributed by atoms with Crippen LogP contribution in [0.15, 0.2) is 23.2 Å². The summed E-state index contributed by atoms with van der Waals surface area (Å²) in [6.07, 6.45) is 1.29. The molecule has 1 aromatic carbocycles. The second-order valence-electron chi connectivity index (χ2n) is 6.76. The van der Waals surface area contributed by atoms with Crippen molar-refractivity contribution in [3.63, 3.8) is 0 Å². The summed E-state index contributed by atoms with van der Waals surface area (Å²) in [4.78, 5) is 19.7. The lowest BCUT2D eigenvalue weighted by atomic mass is 10.1. The van der Waals surface area contributed by atoms with E-state index in [1.165, 1.54) is 6.07 Å². The molecule has 9 heteroatoms. The number of carbonyl (C=O) groups excluding carboxylic acids is 1. The number of rotatable bonds is 7. The van der Waals surface area contributed by atoms with Gasteiger partial charge in [-0.3, -0.25) is 0 Å². The third-order valence-corrected chi connectivity index (χ3v) is 4.92. The van der Waals surface area contributed by atoms with Crippen LogP contribution >= 0.6 is 24.0 Å². The predicted octanol–water partition coefficient (Wildman–Crippen LogP) is 3.32. The first kappa shape index (κ1) is 25.3. The fourth-order valence-corrected chi connectivity index (χ4v) is 3.32. The number of nitrogens with two attached hydrogens (primary N) is 1. The van der Waals surface area contributed by atoms with Crippen molar-refractivity contribution in [2.45, 2.75) is 46.2 Å². The van der Waals surface area contributed by atoms with Gasteiger partial charge in [-0.25, -0.2) is 14.2 Å². The highest BCUT2D eigenvalue weighted by Crippen LogP contribution is 2.20. The molecule has 1 aliphatic rings. The zero-order valence-electron chi connectivity index (χ0n) is 17.5. The topological polar surface area (TPSA) is 83.2 Å². The number of piperidine rings is 1. The van der Waals surface area contributed by atoms with E-state index in [2.05, 4.69) is 10.3 Å². The predicted molar refractivity (Wildman–Crippen MR) is 125 cm³/mol. The molecule has 164 valence electrons. The molecule has 3 N–H and O–H groups in total. The molecule has 2 rings (SSSR count). The third kappa shape index (κ3) is 7.52. The van der Waals surface area contributed by atoms with E-state index in [0.717, 1.165) is 31.5 Å². The first-order valence-electron chi connectivity index (χ1n) is 9.99. The van der Waals surface area contributed by atoms with E-state index in [0.29, 0.717) is 37.9 Å². The van der Waals surface area contributed by atoms with Crippen LogP contribution in [0.25, 0.3) is 0 Å². The number of nitrogens with one attached hydrogen (secondary N) is 1. The fraction of sp³-hybridized carbons (Fsp3) is 0.600. The first-order chi connectivity index (χ1) is 13.5. The number of amides is 1. The Labute approximate surface area is 189 Å². The molecular formula is C20H33FIN5O2. The van der Waals surface area contributed by atoms with Crippen molar-refractivity contribution in [2.24, 2.45) is 10.7 Å². The van der Waals surface area contributed by atoms with E-state index >= 15 is 0 Å². The van der Waals surface area contributed by atoms with Gasteiger partial charge in [-0.1, -0.05) is 6.07 Å². The number of guanidine groups is 1. The Morgan fingerprint density at radius 2 is 1.97 bits per heavy atom. The number of anilines is 1. The van der Waals surface area contributed by atoms with Gasteiger partial charge in [-0.2, -0.15) is 0 Å². The molecule has 1 saturated heterocycles. The molecule has 29 heavy (non-hydrogen) atoms. The zero-order chi connectivity index (χ0) is 20.5. The largest absolute Gasteiger partial charge is 0.450 e. The van der Waals surface area contributed by atoms with E-state index in [1.54, 1.807) is 17.9 Å². The number of aliphatic imine (C=N–C) groups is 1. The third-order valence-electron chi connectivity index (χ3n) is 4.92. The Hall–Kier alpha value is -1.78. The van der Waals surface area contributed by atoms with Gasteiger partial charge in [0.05, 0.1) is 18.8 Å². The van der Waals surface area contributed by atoms with Gasteiger partial charge in [-0.05, 0) is 51.3 Å². The minimum atomic E-state index is -0.266. The number of hydrogen-bond donors (Lipinski definition) is 2. The van der Waals surface area contributed by atoms with Gasteiger partial charge in [0.1, 0.15) is 5.82 Å². The summed E-state index contributed by atoms with van der Waals surface area (Å²) in [6, 6.07) is 5.35. The number of halogens is 2. The number of ether oxygens (including phenoxy) is 1. The van der Waals surface area contributed by atoms with Crippen molar-refractivity contribution >= 4 is 41.7 Å². The molecule has 0 aromatic heterocycles. The van der Waals surface area contributed by atoms with Crippen LogP contribution in [0, 0.1) is 5.82 Å². The van der Waals surface area contributed by atoms with Gasteiger partial charge in [-0.15, -0.1) is 24.0 Å². The molecule has 0 spiro atoms. The molecule has 7 nitrogen and oxygen atoms in total. The van der Waals surface area contributed by atoms with Crippen LogP contribution in [0.1, 0.15) is 39.2 Å². The molecule has 1 amide bonds. The number of hydrogen-bond acceptors (Lipinski definition) is 4. The molecule has 0 radical (unpaired) electrons. The Balaban J connectivity index is 0.00000420. The van der Waals surface area contributed by atoms with E-state index in [4.69, 9.17) is 10.5 Å². The van der Waals surface area contributed by atoms with Crippen molar-refractivity contribution in [3.8, 4) is 0 Å². The zero-order valence-corrected chi connectivity index (χ0v) is 19.8. The average molecular weight is 521 g/mol.